The molecule has 0 radical (unpaired) electrons. The van der Waals surface area contributed by atoms with Crippen LogP contribution in [0.15, 0.2) is 0 Å². The van der Waals surface area contributed by atoms with Crippen LogP contribution in [-0.2, 0) is 19.0 Å². The Hall–Kier alpha value is -1.46. The number of aliphatic hydroxyl groups excluding tert-OH is 3. The van der Waals surface area contributed by atoms with Crippen LogP contribution in [0.25, 0.3) is 0 Å². The second-order valence-electron chi connectivity index (χ2n) is 6.49. The summed E-state index contributed by atoms with van der Waals surface area (Å²) < 4.78 is 15.0. The first-order valence-electron chi connectivity index (χ1n) is 7.49. The van der Waals surface area contributed by atoms with Crippen LogP contribution in [0, 0.1) is 0 Å². The lowest BCUT2D eigenvalue weighted by molar-refractivity contribution is -0.227. The number of nitrogens with two attached hydrogens (primary N) is 1. The number of esters is 1. The summed E-state index contributed by atoms with van der Waals surface area (Å²) >= 11 is 0. The topological polar surface area (TPSA) is 161 Å². The van der Waals surface area contributed by atoms with Crippen molar-refractivity contribution in [2.24, 2.45) is 5.73 Å². The van der Waals surface area contributed by atoms with E-state index < -0.39 is 54.2 Å². The molecule has 0 spiro atoms. The van der Waals surface area contributed by atoms with E-state index >= 15 is 0 Å². The van der Waals surface area contributed by atoms with Gasteiger partial charge in [-0.05, 0) is 20.8 Å². The maximum absolute atomic E-state index is 12.0. The van der Waals surface area contributed by atoms with E-state index in [-0.39, 0.29) is 6.54 Å². The molecule has 1 fully saturated rings. The van der Waals surface area contributed by atoms with Gasteiger partial charge in [0, 0.05) is 6.54 Å². The molecular formula is C14H26N2O8. The van der Waals surface area contributed by atoms with Crippen LogP contribution in [0.5, 0.6) is 0 Å². The SMILES string of the molecule is COC(=O)C(NC(=O)OC(C)(C)C)[C@@H]1OC(CN)[C@@H](O)[C@H](O)C1O. The van der Waals surface area contributed by atoms with Gasteiger partial charge in [0.25, 0.3) is 0 Å². The van der Waals surface area contributed by atoms with E-state index in [1.165, 1.54) is 0 Å². The summed E-state index contributed by atoms with van der Waals surface area (Å²) in [6.45, 7) is 4.74. The van der Waals surface area contributed by atoms with E-state index in [2.05, 4.69) is 10.1 Å². The predicted octanol–water partition coefficient (Wildman–Crippen LogP) is -2.14. The molecule has 6 atom stereocenters. The molecule has 1 amide bonds. The van der Waals surface area contributed by atoms with Crippen LogP contribution in [0.3, 0.4) is 0 Å². The summed E-state index contributed by atoms with van der Waals surface area (Å²) in [5, 5.41) is 32.1. The predicted molar refractivity (Wildman–Crippen MR) is 80.9 cm³/mol. The quantitative estimate of drug-likeness (QED) is 0.356. The average molecular weight is 350 g/mol. The number of methoxy groups -OCH3 is 1. The summed E-state index contributed by atoms with van der Waals surface area (Å²) in [5.74, 6) is -0.913. The summed E-state index contributed by atoms with van der Waals surface area (Å²) in [7, 11) is 1.09. The zero-order chi connectivity index (χ0) is 18.7. The van der Waals surface area contributed by atoms with Gasteiger partial charge in [-0.1, -0.05) is 0 Å². The second-order valence-corrected chi connectivity index (χ2v) is 6.49. The minimum atomic E-state index is -1.65. The van der Waals surface area contributed by atoms with Crippen LogP contribution < -0.4 is 11.1 Å². The molecule has 0 bridgehead atoms. The van der Waals surface area contributed by atoms with E-state index in [1.807, 2.05) is 0 Å². The van der Waals surface area contributed by atoms with Crippen molar-refractivity contribution < 1.29 is 39.1 Å². The first-order chi connectivity index (χ1) is 11.0. The van der Waals surface area contributed by atoms with E-state index in [4.69, 9.17) is 15.2 Å². The average Bonchev–Trinajstić information content (AvgIpc) is 2.48. The molecule has 1 rings (SSSR count). The number of ether oxygens (including phenoxy) is 3. The highest BCUT2D eigenvalue weighted by atomic mass is 16.6. The Labute approximate surface area is 139 Å². The molecule has 1 heterocycles. The van der Waals surface area contributed by atoms with Gasteiger partial charge in [0.05, 0.1) is 13.2 Å². The molecule has 10 heteroatoms. The van der Waals surface area contributed by atoms with Crippen LogP contribution in [0.4, 0.5) is 4.79 Å². The largest absolute Gasteiger partial charge is 0.467 e. The minimum absolute atomic E-state index is 0.165. The van der Waals surface area contributed by atoms with Crippen molar-refractivity contribution in [2.75, 3.05) is 13.7 Å². The van der Waals surface area contributed by atoms with Crippen molar-refractivity contribution in [3.63, 3.8) is 0 Å². The third-order valence-electron chi connectivity index (χ3n) is 3.44. The van der Waals surface area contributed by atoms with Gasteiger partial charge in [-0.25, -0.2) is 9.59 Å². The van der Waals surface area contributed by atoms with Crippen molar-refractivity contribution in [1.82, 2.24) is 5.32 Å². The fourth-order valence-electron chi connectivity index (χ4n) is 2.29. The molecule has 24 heavy (non-hydrogen) atoms. The summed E-state index contributed by atoms with van der Waals surface area (Å²) in [5.41, 5.74) is 4.64. The Morgan fingerprint density at radius 2 is 1.79 bits per heavy atom. The van der Waals surface area contributed by atoms with Crippen LogP contribution in [0.1, 0.15) is 20.8 Å². The van der Waals surface area contributed by atoms with Crippen molar-refractivity contribution >= 4 is 12.1 Å². The second kappa shape index (κ2) is 8.08. The van der Waals surface area contributed by atoms with Gasteiger partial charge >= 0.3 is 12.1 Å². The normalized spacial score (nSPS) is 31.9. The lowest BCUT2D eigenvalue weighted by Crippen LogP contribution is -2.66. The summed E-state index contributed by atoms with van der Waals surface area (Å²) in [6.07, 6.45) is -8.02. The number of carbonyl (C=O) groups is 2. The minimum Gasteiger partial charge on any atom is -0.467 e. The number of hydrogen-bond donors (Lipinski definition) is 5. The molecule has 6 N–H and O–H groups in total. The number of rotatable bonds is 4. The Bertz CT molecular complexity index is 451. The number of aliphatic hydroxyl groups is 3. The van der Waals surface area contributed by atoms with E-state index in [0.717, 1.165) is 7.11 Å². The maximum Gasteiger partial charge on any atom is 0.408 e. The van der Waals surface area contributed by atoms with Gasteiger partial charge in [-0.15, -0.1) is 0 Å². The number of amides is 1. The number of hydrogen-bond acceptors (Lipinski definition) is 9. The van der Waals surface area contributed by atoms with Gasteiger partial charge in [-0.2, -0.15) is 0 Å². The van der Waals surface area contributed by atoms with Crippen LogP contribution in [0.2, 0.25) is 0 Å². The van der Waals surface area contributed by atoms with E-state index in [1.54, 1.807) is 20.8 Å². The Kier molecular flexibility index (Phi) is 6.93. The number of nitrogens with one attached hydrogen (secondary N) is 1. The van der Waals surface area contributed by atoms with Crippen molar-refractivity contribution in [3.8, 4) is 0 Å². The molecule has 0 saturated carbocycles. The molecule has 0 aromatic rings. The van der Waals surface area contributed by atoms with Gasteiger partial charge in [0.2, 0.25) is 0 Å². The standard InChI is InChI=1S/C14H26N2O8/c1-14(2,3)24-13(21)16-7(12(20)22-4)11-10(19)9(18)8(17)6(5-15)23-11/h6-11,17-19H,5,15H2,1-4H3,(H,16,21)/t6?,7?,8-,9+,10?,11+/m1/s1. The van der Waals surface area contributed by atoms with E-state index in [9.17, 15) is 24.9 Å². The first kappa shape index (κ1) is 20.6. The van der Waals surface area contributed by atoms with Gasteiger partial charge in [-0.3, -0.25) is 0 Å². The fraction of sp³-hybridized carbons (Fsp3) is 0.857. The highest BCUT2D eigenvalue weighted by Gasteiger charge is 2.49. The molecule has 140 valence electrons. The zero-order valence-corrected chi connectivity index (χ0v) is 14.1. The van der Waals surface area contributed by atoms with Gasteiger partial charge in [0.1, 0.15) is 30.0 Å². The molecule has 0 aromatic heterocycles. The van der Waals surface area contributed by atoms with Crippen LogP contribution in [-0.4, -0.2) is 83.2 Å². The van der Waals surface area contributed by atoms with Crippen molar-refractivity contribution in [1.29, 1.82) is 0 Å². The third-order valence-corrected chi connectivity index (χ3v) is 3.44. The highest BCUT2D eigenvalue weighted by Crippen LogP contribution is 2.24. The summed E-state index contributed by atoms with van der Waals surface area (Å²) in [4.78, 5) is 23.9. The molecule has 0 aliphatic carbocycles. The van der Waals surface area contributed by atoms with Crippen molar-refractivity contribution in [2.45, 2.75) is 62.9 Å². The Balaban J connectivity index is 2.98. The monoisotopic (exact) mass is 350 g/mol. The molecular weight excluding hydrogens is 324 g/mol. The van der Waals surface area contributed by atoms with Crippen molar-refractivity contribution in [3.05, 3.63) is 0 Å². The molecule has 1 aliphatic heterocycles. The highest BCUT2D eigenvalue weighted by molar-refractivity contribution is 5.82. The van der Waals surface area contributed by atoms with Gasteiger partial charge in [0.15, 0.2) is 6.04 Å². The smallest absolute Gasteiger partial charge is 0.408 e. The summed E-state index contributed by atoms with van der Waals surface area (Å²) in [6, 6.07) is -1.46. The molecule has 0 aromatic carbocycles. The number of carbonyl (C=O) groups excluding carboxylic acids is 2. The first-order valence-corrected chi connectivity index (χ1v) is 7.49. The maximum atomic E-state index is 12.0. The van der Waals surface area contributed by atoms with E-state index in [0.29, 0.717) is 0 Å². The Morgan fingerprint density at radius 3 is 2.25 bits per heavy atom. The molecule has 10 nitrogen and oxygen atoms in total. The third kappa shape index (κ3) is 5.02. The number of alkyl carbamates (subject to hydrolysis) is 1. The lowest BCUT2D eigenvalue weighted by Gasteiger charge is -2.42. The lowest BCUT2D eigenvalue weighted by atomic mass is 9.91. The molecule has 1 saturated heterocycles. The fourth-order valence-corrected chi connectivity index (χ4v) is 2.29. The molecule has 1 aliphatic rings. The van der Waals surface area contributed by atoms with Crippen LogP contribution >= 0.6 is 0 Å². The van der Waals surface area contributed by atoms with Gasteiger partial charge < -0.3 is 40.6 Å². The molecule has 3 unspecified atom stereocenters. The zero-order valence-electron chi connectivity index (χ0n) is 14.1. The Morgan fingerprint density at radius 1 is 1.21 bits per heavy atom.